The van der Waals surface area contributed by atoms with Crippen LogP contribution in [0.25, 0.3) is 0 Å². The average Bonchev–Trinajstić information content (AvgIpc) is 2.87. The molecule has 0 bridgehead atoms. The average molecular weight is 373 g/mol. The first kappa shape index (κ1) is 16.1. The lowest BCUT2D eigenvalue weighted by atomic mass is 10.2. The molecule has 21 heavy (non-hydrogen) atoms. The molecule has 0 aliphatic rings. The van der Waals surface area contributed by atoms with Crippen LogP contribution in [0.4, 0.5) is 5.69 Å². The number of anilines is 1. The molecule has 2 aromatic rings. The molecular formula is C14H17BrN2O3S. The molecule has 5 nitrogen and oxygen atoms in total. The van der Waals surface area contributed by atoms with Gasteiger partial charge in [0, 0.05) is 24.3 Å². The van der Waals surface area contributed by atoms with Gasteiger partial charge in [-0.25, -0.2) is 12.7 Å². The molecule has 0 atom stereocenters. The Hall–Kier alpha value is -1.31. The molecule has 1 N–H and O–H groups in total. The second-order valence-corrected chi connectivity index (χ2v) is 7.78. The number of furan rings is 1. The van der Waals surface area contributed by atoms with E-state index < -0.39 is 10.0 Å². The molecule has 114 valence electrons. The van der Waals surface area contributed by atoms with Crippen molar-refractivity contribution in [2.75, 3.05) is 19.4 Å². The number of sulfonamides is 1. The Balaban J connectivity index is 2.10. The molecule has 0 fully saturated rings. The van der Waals surface area contributed by atoms with Crippen LogP contribution in [0.3, 0.4) is 0 Å². The zero-order chi connectivity index (χ0) is 15.6. The van der Waals surface area contributed by atoms with E-state index in [1.165, 1.54) is 20.2 Å². The molecule has 1 aromatic carbocycles. The molecule has 0 spiro atoms. The van der Waals surface area contributed by atoms with Gasteiger partial charge in [0.2, 0.25) is 5.09 Å². The fourth-order valence-electron chi connectivity index (χ4n) is 1.72. The van der Waals surface area contributed by atoms with Gasteiger partial charge in [0.25, 0.3) is 10.0 Å². The van der Waals surface area contributed by atoms with E-state index in [-0.39, 0.29) is 5.09 Å². The number of aryl methyl sites for hydroxylation is 1. The first-order chi connectivity index (χ1) is 9.80. The Kier molecular flexibility index (Phi) is 4.75. The Morgan fingerprint density at radius 2 is 1.95 bits per heavy atom. The third-order valence-electron chi connectivity index (χ3n) is 2.95. The maximum absolute atomic E-state index is 11.9. The lowest BCUT2D eigenvalue weighted by Crippen LogP contribution is -2.21. The van der Waals surface area contributed by atoms with E-state index >= 15 is 0 Å². The second-order valence-electron chi connectivity index (χ2n) is 4.85. The van der Waals surface area contributed by atoms with Crippen LogP contribution >= 0.6 is 15.9 Å². The van der Waals surface area contributed by atoms with Gasteiger partial charge in [-0.05, 0) is 52.7 Å². The number of nitrogens with one attached hydrogen (secondary N) is 1. The molecule has 0 amide bonds. The smallest absolute Gasteiger partial charge is 0.275 e. The lowest BCUT2D eigenvalue weighted by Gasteiger charge is -2.09. The Morgan fingerprint density at radius 1 is 1.24 bits per heavy atom. The zero-order valence-electron chi connectivity index (χ0n) is 12.1. The van der Waals surface area contributed by atoms with E-state index in [1.54, 1.807) is 6.07 Å². The largest absolute Gasteiger partial charge is 0.446 e. The molecular weight excluding hydrogens is 356 g/mol. The van der Waals surface area contributed by atoms with Crippen molar-refractivity contribution in [1.82, 2.24) is 4.31 Å². The van der Waals surface area contributed by atoms with Crippen LogP contribution in [-0.4, -0.2) is 26.8 Å². The van der Waals surface area contributed by atoms with Gasteiger partial charge < -0.3 is 9.73 Å². The third kappa shape index (κ3) is 3.66. The second kappa shape index (κ2) is 6.21. The van der Waals surface area contributed by atoms with Crippen molar-refractivity contribution in [3.63, 3.8) is 0 Å². The van der Waals surface area contributed by atoms with Gasteiger partial charge in [0.05, 0.1) is 6.54 Å². The Morgan fingerprint density at radius 3 is 2.57 bits per heavy atom. The van der Waals surface area contributed by atoms with Gasteiger partial charge in [-0.2, -0.15) is 0 Å². The summed E-state index contributed by atoms with van der Waals surface area (Å²) < 4.78 is 31.3. The minimum Gasteiger partial charge on any atom is -0.446 e. The molecule has 0 radical (unpaired) electrons. The fraction of sp³-hybridized carbons (Fsp3) is 0.286. The zero-order valence-corrected chi connectivity index (χ0v) is 14.5. The van der Waals surface area contributed by atoms with Crippen LogP contribution in [0.1, 0.15) is 11.3 Å². The Labute approximate surface area is 133 Å². The summed E-state index contributed by atoms with van der Waals surface area (Å²) in [5.74, 6) is 0.558. The summed E-state index contributed by atoms with van der Waals surface area (Å²) in [6, 6.07) is 9.09. The number of halogens is 1. The van der Waals surface area contributed by atoms with Crippen molar-refractivity contribution in [2.45, 2.75) is 18.6 Å². The van der Waals surface area contributed by atoms with Gasteiger partial charge in [0.15, 0.2) is 0 Å². The van der Waals surface area contributed by atoms with Gasteiger partial charge >= 0.3 is 0 Å². The van der Waals surface area contributed by atoms with Crippen molar-refractivity contribution in [1.29, 1.82) is 0 Å². The summed E-state index contributed by atoms with van der Waals surface area (Å²) in [6.07, 6.45) is 0. The lowest BCUT2D eigenvalue weighted by molar-refractivity contribution is 0.402. The third-order valence-corrected chi connectivity index (χ3v) is 5.30. The van der Waals surface area contributed by atoms with Gasteiger partial charge in [-0.15, -0.1) is 0 Å². The van der Waals surface area contributed by atoms with Gasteiger partial charge in [0.1, 0.15) is 5.76 Å². The number of rotatable bonds is 5. The van der Waals surface area contributed by atoms with Crippen molar-refractivity contribution in [3.05, 3.63) is 46.1 Å². The molecule has 0 aliphatic heterocycles. The van der Waals surface area contributed by atoms with Crippen LogP contribution in [0.15, 0.2) is 44.3 Å². The van der Waals surface area contributed by atoms with Crippen molar-refractivity contribution >= 4 is 31.6 Å². The van der Waals surface area contributed by atoms with Crippen molar-refractivity contribution in [2.24, 2.45) is 0 Å². The number of benzene rings is 1. The van der Waals surface area contributed by atoms with Crippen molar-refractivity contribution < 1.29 is 12.8 Å². The SMILES string of the molecule is Cc1ccc(NCc2ccc(S(=O)(=O)N(C)C)o2)c(Br)c1. The van der Waals surface area contributed by atoms with E-state index in [9.17, 15) is 8.42 Å². The van der Waals surface area contributed by atoms with Crippen LogP contribution in [0.2, 0.25) is 0 Å². The van der Waals surface area contributed by atoms with E-state index in [4.69, 9.17) is 4.42 Å². The minimum absolute atomic E-state index is 0.0488. The summed E-state index contributed by atoms with van der Waals surface area (Å²) in [5.41, 5.74) is 2.08. The normalized spacial score (nSPS) is 11.9. The van der Waals surface area contributed by atoms with Crippen molar-refractivity contribution in [3.8, 4) is 0 Å². The minimum atomic E-state index is -3.52. The monoisotopic (exact) mass is 372 g/mol. The number of hydrogen-bond donors (Lipinski definition) is 1. The molecule has 7 heteroatoms. The molecule has 2 rings (SSSR count). The first-order valence-corrected chi connectivity index (χ1v) is 8.55. The predicted molar refractivity (Wildman–Crippen MR) is 85.8 cm³/mol. The van der Waals surface area contributed by atoms with Crippen LogP contribution < -0.4 is 5.32 Å². The topological polar surface area (TPSA) is 62.6 Å². The molecule has 0 unspecified atom stereocenters. The van der Waals surface area contributed by atoms with Gasteiger partial charge in [-0.3, -0.25) is 0 Å². The van der Waals surface area contributed by atoms with Crippen LogP contribution in [0.5, 0.6) is 0 Å². The van der Waals surface area contributed by atoms with Gasteiger partial charge in [-0.1, -0.05) is 6.07 Å². The van der Waals surface area contributed by atoms with E-state index in [1.807, 2.05) is 25.1 Å². The number of nitrogens with zero attached hydrogens (tertiary/aromatic N) is 1. The summed E-state index contributed by atoms with van der Waals surface area (Å²) in [7, 11) is -0.580. The molecule has 0 aliphatic carbocycles. The Bertz CT molecular complexity index is 738. The highest BCUT2D eigenvalue weighted by molar-refractivity contribution is 9.10. The van der Waals surface area contributed by atoms with E-state index in [2.05, 4.69) is 21.2 Å². The van der Waals surface area contributed by atoms with E-state index in [0.29, 0.717) is 12.3 Å². The summed E-state index contributed by atoms with van der Waals surface area (Å²) in [4.78, 5) is 0. The number of hydrogen-bond acceptors (Lipinski definition) is 4. The first-order valence-electron chi connectivity index (χ1n) is 6.32. The standard InChI is InChI=1S/C14H17BrN2O3S/c1-10-4-6-13(12(15)8-10)16-9-11-5-7-14(20-11)21(18,19)17(2)3/h4-8,16H,9H2,1-3H3. The quantitative estimate of drug-likeness (QED) is 0.874. The summed E-state index contributed by atoms with van der Waals surface area (Å²) in [6.45, 7) is 2.42. The molecule has 1 heterocycles. The van der Waals surface area contributed by atoms with E-state index in [0.717, 1.165) is 20.0 Å². The molecule has 1 aromatic heterocycles. The summed E-state index contributed by atoms with van der Waals surface area (Å²) in [5, 5.41) is 3.15. The van der Waals surface area contributed by atoms with Crippen LogP contribution in [0, 0.1) is 6.92 Å². The highest BCUT2D eigenvalue weighted by Crippen LogP contribution is 2.24. The molecule has 0 saturated heterocycles. The summed E-state index contributed by atoms with van der Waals surface area (Å²) >= 11 is 3.48. The predicted octanol–water partition coefficient (Wildman–Crippen LogP) is 3.21. The maximum atomic E-state index is 11.9. The fourth-order valence-corrected chi connectivity index (χ4v) is 3.16. The maximum Gasteiger partial charge on any atom is 0.275 e. The molecule has 0 saturated carbocycles. The highest BCUT2D eigenvalue weighted by Gasteiger charge is 2.21. The van der Waals surface area contributed by atoms with Crippen LogP contribution in [-0.2, 0) is 16.6 Å². The highest BCUT2D eigenvalue weighted by atomic mass is 79.9.